The van der Waals surface area contributed by atoms with E-state index in [4.69, 9.17) is 9.47 Å². The predicted octanol–water partition coefficient (Wildman–Crippen LogP) is 3.02. The number of rotatable bonds is 7. The molecule has 0 N–H and O–H groups in total. The third-order valence-corrected chi connectivity index (χ3v) is 4.69. The minimum atomic E-state index is -1.09. The first-order valence-electron chi connectivity index (χ1n) is 9.25. The molecule has 3 rings (SSSR count). The lowest BCUT2D eigenvalue weighted by Crippen LogP contribution is -2.43. The Labute approximate surface area is 168 Å². The van der Waals surface area contributed by atoms with E-state index in [2.05, 4.69) is 0 Å². The van der Waals surface area contributed by atoms with E-state index in [1.165, 1.54) is 13.8 Å². The van der Waals surface area contributed by atoms with Gasteiger partial charge in [-0.1, -0.05) is 12.1 Å². The Kier molecular flexibility index (Phi) is 5.77. The van der Waals surface area contributed by atoms with Crippen molar-refractivity contribution in [2.24, 2.45) is 0 Å². The number of hydrogen-bond acceptors (Lipinski definition) is 6. The van der Waals surface area contributed by atoms with Gasteiger partial charge < -0.3 is 9.47 Å². The van der Waals surface area contributed by atoms with Gasteiger partial charge in [0.05, 0.1) is 17.7 Å². The van der Waals surface area contributed by atoms with E-state index in [1.807, 2.05) is 6.92 Å². The van der Waals surface area contributed by atoms with Crippen LogP contribution < -0.4 is 4.74 Å². The summed E-state index contributed by atoms with van der Waals surface area (Å²) in [5.41, 5.74) is 1.53. The molecule has 1 aliphatic heterocycles. The average molecular weight is 395 g/mol. The number of Topliss-reactive ketones (excluding diaryl/α,β-unsaturated/α-hetero) is 1. The number of esters is 1. The summed E-state index contributed by atoms with van der Waals surface area (Å²) in [6.07, 6.45) is 0. The number of carbonyl (C=O) groups is 4. The molecule has 0 aromatic heterocycles. The van der Waals surface area contributed by atoms with Crippen molar-refractivity contribution in [1.29, 1.82) is 0 Å². The zero-order valence-electron chi connectivity index (χ0n) is 16.4. The number of hydrogen-bond donors (Lipinski definition) is 0. The van der Waals surface area contributed by atoms with E-state index in [0.717, 1.165) is 4.90 Å². The van der Waals surface area contributed by atoms with Gasteiger partial charge in [0.1, 0.15) is 18.4 Å². The second kappa shape index (κ2) is 8.26. The molecule has 2 aromatic carbocycles. The summed E-state index contributed by atoms with van der Waals surface area (Å²) < 4.78 is 10.9. The van der Waals surface area contributed by atoms with Crippen molar-refractivity contribution in [2.75, 3.05) is 6.61 Å². The molecule has 1 heterocycles. The molecule has 1 aliphatic rings. The first kappa shape index (κ1) is 20.3. The number of amides is 2. The van der Waals surface area contributed by atoms with Gasteiger partial charge in [-0.3, -0.25) is 19.3 Å². The highest BCUT2D eigenvalue weighted by Gasteiger charge is 2.41. The molecule has 7 heteroatoms. The third-order valence-electron chi connectivity index (χ3n) is 4.69. The number of ether oxygens (including phenoxy) is 2. The van der Waals surface area contributed by atoms with Crippen molar-refractivity contribution < 1.29 is 28.7 Å². The van der Waals surface area contributed by atoms with Crippen molar-refractivity contribution in [3.8, 4) is 5.75 Å². The van der Waals surface area contributed by atoms with Crippen LogP contribution in [0.5, 0.6) is 5.75 Å². The average Bonchev–Trinajstić information content (AvgIpc) is 2.97. The molecular formula is C22H21NO6. The quantitative estimate of drug-likeness (QED) is 0.407. The van der Waals surface area contributed by atoms with Gasteiger partial charge in [-0.05, 0) is 51.1 Å². The fourth-order valence-electron chi connectivity index (χ4n) is 3.14. The smallest absolute Gasteiger partial charge is 0.329 e. The van der Waals surface area contributed by atoms with Crippen LogP contribution >= 0.6 is 0 Å². The molecule has 0 fully saturated rings. The van der Waals surface area contributed by atoms with E-state index in [0.29, 0.717) is 23.5 Å². The summed E-state index contributed by atoms with van der Waals surface area (Å²) in [7, 11) is 0. The molecule has 0 saturated heterocycles. The predicted molar refractivity (Wildman–Crippen MR) is 104 cm³/mol. The number of benzene rings is 2. The Morgan fingerprint density at radius 2 is 1.66 bits per heavy atom. The van der Waals surface area contributed by atoms with Gasteiger partial charge >= 0.3 is 5.97 Å². The lowest BCUT2D eigenvalue weighted by atomic mass is 10.1. The Hall–Kier alpha value is -3.48. The lowest BCUT2D eigenvalue weighted by molar-refractivity contribution is -0.149. The molecule has 2 aromatic rings. The van der Waals surface area contributed by atoms with Gasteiger partial charge in [0, 0.05) is 11.1 Å². The minimum absolute atomic E-state index is 0.125. The van der Waals surface area contributed by atoms with Crippen molar-refractivity contribution in [3.05, 3.63) is 64.7 Å². The van der Waals surface area contributed by atoms with Crippen LogP contribution in [0, 0.1) is 0 Å². The van der Waals surface area contributed by atoms with Gasteiger partial charge in [-0.15, -0.1) is 0 Å². The summed E-state index contributed by atoms with van der Waals surface area (Å²) in [4.78, 5) is 50.2. The SMILES string of the molecule is CCOc1ccc(C(C)=O)cc1COC(=O)[C@@H](C)N1C(=O)c2ccccc2C1=O. The maximum atomic E-state index is 12.6. The van der Waals surface area contributed by atoms with E-state index >= 15 is 0 Å². The molecule has 0 saturated carbocycles. The van der Waals surface area contributed by atoms with Gasteiger partial charge in [-0.2, -0.15) is 0 Å². The number of nitrogens with zero attached hydrogens (tertiary/aromatic N) is 1. The fourth-order valence-corrected chi connectivity index (χ4v) is 3.14. The van der Waals surface area contributed by atoms with Crippen LogP contribution in [0.15, 0.2) is 42.5 Å². The van der Waals surface area contributed by atoms with Crippen LogP contribution in [0.2, 0.25) is 0 Å². The number of ketones is 1. The van der Waals surface area contributed by atoms with Crippen LogP contribution in [0.4, 0.5) is 0 Å². The third kappa shape index (κ3) is 3.89. The Morgan fingerprint density at radius 1 is 1.03 bits per heavy atom. The first-order chi connectivity index (χ1) is 13.8. The first-order valence-corrected chi connectivity index (χ1v) is 9.25. The van der Waals surface area contributed by atoms with E-state index < -0.39 is 23.8 Å². The minimum Gasteiger partial charge on any atom is -0.493 e. The number of fused-ring (bicyclic) bond motifs is 1. The van der Waals surface area contributed by atoms with E-state index in [-0.39, 0.29) is 23.5 Å². The van der Waals surface area contributed by atoms with Crippen molar-refractivity contribution >= 4 is 23.6 Å². The number of carbonyl (C=O) groups excluding carboxylic acids is 4. The molecule has 0 spiro atoms. The van der Waals surface area contributed by atoms with Crippen LogP contribution in [0.25, 0.3) is 0 Å². The van der Waals surface area contributed by atoms with Crippen LogP contribution in [0.3, 0.4) is 0 Å². The van der Waals surface area contributed by atoms with Gasteiger partial charge in [0.2, 0.25) is 0 Å². The second-order valence-corrected chi connectivity index (χ2v) is 6.62. The molecule has 1 atom stereocenters. The topological polar surface area (TPSA) is 90.0 Å². The zero-order valence-corrected chi connectivity index (χ0v) is 16.4. The molecule has 150 valence electrons. The normalized spacial score (nSPS) is 13.8. The monoisotopic (exact) mass is 395 g/mol. The Bertz CT molecular complexity index is 962. The maximum Gasteiger partial charge on any atom is 0.329 e. The molecule has 0 radical (unpaired) electrons. The molecule has 29 heavy (non-hydrogen) atoms. The molecule has 0 bridgehead atoms. The molecule has 0 unspecified atom stereocenters. The van der Waals surface area contributed by atoms with Gasteiger partial charge in [-0.25, -0.2) is 4.79 Å². The molecule has 0 aliphatic carbocycles. The van der Waals surface area contributed by atoms with Crippen molar-refractivity contribution in [1.82, 2.24) is 4.90 Å². The zero-order chi connectivity index (χ0) is 21.1. The second-order valence-electron chi connectivity index (χ2n) is 6.62. The lowest BCUT2D eigenvalue weighted by Gasteiger charge is -2.21. The summed E-state index contributed by atoms with van der Waals surface area (Å²) in [6, 6.07) is 10.2. The van der Waals surface area contributed by atoms with Crippen molar-refractivity contribution in [2.45, 2.75) is 33.4 Å². The highest BCUT2D eigenvalue weighted by Crippen LogP contribution is 2.26. The molecule has 2 amide bonds. The largest absolute Gasteiger partial charge is 0.493 e. The highest BCUT2D eigenvalue weighted by atomic mass is 16.5. The summed E-state index contributed by atoms with van der Waals surface area (Å²) in [5, 5.41) is 0. The van der Waals surface area contributed by atoms with Gasteiger partial charge in [0.25, 0.3) is 11.8 Å². The summed E-state index contributed by atoms with van der Waals surface area (Å²) in [5.74, 6) is -1.40. The van der Waals surface area contributed by atoms with E-state index in [9.17, 15) is 19.2 Å². The standard InChI is InChI=1S/C22H21NO6/c1-4-28-19-10-9-15(14(3)24)11-16(19)12-29-22(27)13(2)23-20(25)17-7-5-6-8-18(17)21(23)26/h5-11,13H,4,12H2,1-3H3/t13-/m1/s1. The van der Waals surface area contributed by atoms with Crippen molar-refractivity contribution in [3.63, 3.8) is 0 Å². The maximum absolute atomic E-state index is 12.6. The molecule has 7 nitrogen and oxygen atoms in total. The van der Waals surface area contributed by atoms with Crippen LogP contribution in [-0.2, 0) is 16.1 Å². The molecular weight excluding hydrogens is 374 g/mol. The highest BCUT2D eigenvalue weighted by molar-refractivity contribution is 6.22. The number of imide groups is 1. The van der Waals surface area contributed by atoms with E-state index in [1.54, 1.807) is 42.5 Å². The Balaban J connectivity index is 1.75. The summed E-state index contributed by atoms with van der Waals surface area (Å²) >= 11 is 0. The Morgan fingerprint density at radius 3 is 2.21 bits per heavy atom. The fraction of sp³-hybridized carbons (Fsp3) is 0.273. The van der Waals surface area contributed by atoms with Crippen LogP contribution in [-0.4, -0.2) is 41.1 Å². The summed E-state index contributed by atoms with van der Waals surface area (Å²) in [6.45, 7) is 4.96. The van der Waals surface area contributed by atoms with Gasteiger partial charge in [0.15, 0.2) is 5.78 Å². The van der Waals surface area contributed by atoms with Crippen LogP contribution in [0.1, 0.15) is 57.4 Å².